The molecule has 1 aromatic rings. The van der Waals surface area contributed by atoms with Crippen LogP contribution in [0.3, 0.4) is 0 Å². The van der Waals surface area contributed by atoms with E-state index in [1.807, 2.05) is 0 Å². The molecule has 0 aromatic heterocycles. The smallest absolute Gasteiger partial charge is 0.166 e. The second kappa shape index (κ2) is 3.26. The van der Waals surface area contributed by atoms with Crippen LogP contribution in [0.5, 0.6) is 0 Å². The molecule has 0 bridgehead atoms. The monoisotopic (exact) mass is 257 g/mol. The topological polar surface area (TPSA) is 0 Å². The Labute approximate surface area is 80.5 Å². The average Bonchev–Trinajstić information content (AvgIpc) is 1.82. The number of hydrogen-bond acceptors (Lipinski definition) is 0. The minimum absolute atomic E-state index is 0.0351. The molecule has 0 saturated heterocycles. The molecule has 5 heteroatoms. The predicted molar refractivity (Wildman–Crippen MR) is 43.0 cm³/mol. The maximum atomic E-state index is 12.0. The van der Waals surface area contributed by atoms with Gasteiger partial charge in [-0.3, -0.25) is 0 Å². The largest absolute Gasteiger partial charge is 0.417 e. The van der Waals surface area contributed by atoms with E-state index in [4.69, 9.17) is 11.6 Å². The molecule has 0 aliphatic heterocycles. The zero-order chi connectivity index (χ0) is 9.35. The fraction of sp³-hybridized carbons (Fsp3) is 0.143. The summed E-state index contributed by atoms with van der Waals surface area (Å²) in [4.78, 5) is 0. The Morgan fingerprint density at radius 2 is 1.92 bits per heavy atom. The third-order valence-corrected chi connectivity index (χ3v) is 1.75. The predicted octanol–water partition coefficient (Wildman–Crippen LogP) is 3.92. The minimum atomic E-state index is -4.40. The SMILES string of the molecule is FC(F)(F)c1[c]c(Br)cc(Cl)c1. The Morgan fingerprint density at radius 1 is 1.33 bits per heavy atom. The van der Waals surface area contributed by atoms with Crippen molar-refractivity contribution in [2.24, 2.45) is 0 Å². The molecule has 0 aliphatic carbocycles. The fourth-order valence-corrected chi connectivity index (χ4v) is 1.46. The molecule has 0 N–H and O–H groups in total. The Hall–Kier alpha value is -0.220. The lowest BCUT2D eigenvalue weighted by atomic mass is 10.2. The Morgan fingerprint density at radius 3 is 2.33 bits per heavy atom. The molecular weight excluding hydrogens is 256 g/mol. The van der Waals surface area contributed by atoms with E-state index in [9.17, 15) is 13.2 Å². The molecule has 0 fully saturated rings. The van der Waals surface area contributed by atoms with Gasteiger partial charge in [-0.05, 0) is 12.1 Å². The molecule has 12 heavy (non-hydrogen) atoms. The van der Waals surface area contributed by atoms with Gasteiger partial charge in [0.25, 0.3) is 0 Å². The van der Waals surface area contributed by atoms with Gasteiger partial charge < -0.3 is 0 Å². The van der Waals surface area contributed by atoms with Gasteiger partial charge in [-0.2, -0.15) is 13.2 Å². The van der Waals surface area contributed by atoms with Crippen molar-refractivity contribution >= 4 is 27.5 Å². The van der Waals surface area contributed by atoms with Crippen molar-refractivity contribution in [2.45, 2.75) is 6.18 Å². The number of hydrogen-bond donors (Lipinski definition) is 0. The van der Waals surface area contributed by atoms with Crippen LogP contribution < -0.4 is 0 Å². The fourth-order valence-electron chi connectivity index (χ4n) is 0.654. The van der Waals surface area contributed by atoms with Gasteiger partial charge >= 0.3 is 6.18 Å². The van der Waals surface area contributed by atoms with Crippen molar-refractivity contribution in [1.29, 1.82) is 0 Å². The van der Waals surface area contributed by atoms with E-state index in [1.54, 1.807) is 0 Å². The number of benzene rings is 1. The normalized spacial score (nSPS) is 11.8. The number of rotatable bonds is 0. The molecule has 0 saturated carbocycles. The molecule has 1 radical (unpaired) electrons. The summed E-state index contributed by atoms with van der Waals surface area (Å²) in [7, 11) is 0. The number of halogens is 5. The Bertz CT molecular complexity index is 275. The van der Waals surface area contributed by atoms with E-state index >= 15 is 0 Å². The molecule has 1 aromatic carbocycles. The van der Waals surface area contributed by atoms with Crippen LogP contribution in [0.4, 0.5) is 13.2 Å². The van der Waals surface area contributed by atoms with Crippen LogP contribution in [0.25, 0.3) is 0 Å². The first-order valence-electron chi connectivity index (χ1n) is 2.85. The van der Waals surface area contributed by atoms with Crippen LogP contribution >= 0.6 is 27.5 Å². The van der Waals surface area contributed by atoms with Crippen molar-refractivity contribution in [3.8, 4) is 0 Å². The minimum Gasteiger partial charge on any atom is -0.166 e. The average molecular weight is 258 g/mol. The van der Waals surface area contributed by atoms with E-state index in [0.717, 1.165) is 6.07 Å². The van der Waals surface area contributed by atoms with Gasteiger partial charge in [-0.1, -0.05) is 27.5 Å². The Kier molecular flexibility index (Phi) is 2.68. The van der Waals surface area contributed by atoms with Crippen molar-refractivity contribution in [3.05, 3.63) is 33.3 Å². The standard InChI is InChI=1S/C7H2BrClF3/c8-5-1-4(7(10,11)12)2-6(9)3-5/h2-3H. The zero-order valence-electron chi connectivity index (χ0n) is 5.54. The van der Waals surface area contributed by atoms with E-state index < -0.39 is 11.7 Å². The highest BCUT2D eigenvalue weighted by Gasteiger charge is 2.31. The molecule has 0 unspecified atom stereocenters. The third kappa shape index (κ3) is 2.38. The molecule has 0 atom stereocenters. The van der Waals surface area contributed by atoms with Gasteiger partial charge in [0.2, 0.25) is 0 Å². The van der Waals surface area contributed by atoms with Crippen molar-refractivity contribution in [2.75, 3.05) is 0 Å². The van der Waals surface area contributed by atoms with Crippen LogP contribution in [-0.2, 0) is 6.18 Å². The first-order chi connectivity index (χ1) is 5.39. The Balaban J connectivity index is 3.18. The van der Waals surface area contributed by atoms with E-state index in [2.05, 4.69) is 22.0 Å². The van der Waals surface area contributed by atoms with Crippen LogP contribution in [0.15, 0.2) is 16.6 Å². The maximum Gasteiger partial charge on any atom is 0.417 e. The molecular formula is C7H2BrClF3. The van der Waals surface area contributed by atoms with Gasteiger partial charge in [0.05, 0.1) is 5.56 Å². The summed E-state index contributed by atoms with van der Waals surface area (Å²) in [5.41, 5.74) is -0.873. The third-order valence-electron chi connectivity index (χ3n) is 1.11. The van der Waals surface area contributed by atoms with Gasteiger partial charge in [0.1, 0.15) is 0 Å². The van der Waals surface area contributed by atoms with Crippen LogP contribution in [-0.4, -0.2) is 0 Å². The summed E-state index contributed by atoms with van der Waals surface area (Å²) < 4.78 is 36.3. The summed E-state index contributed by atoms with van der Waals surface area (Å²) in [5.74, 6) is 0. The molecule has 0 aliphatic rings. The first-order valence-corrected chi connectivity index (χ1v) is 4.02. The quantitative estimate of drug-likeness (QED) is 0.661. The molecule has 0 amide bonds. The lowest BCUT2D eigenvalue weighted by Crippen LogP contribution is -2.04. The van der Waals surface area contributed by atoms with Crippen molar-refractivity contribution < 1.29 is 13.2 Å². The number of alkyl halides is 3. The van der Waals surface area contributed by atoms with Gasteiger partial charge in [0.15, 0.2) is 0 Å². The van der Waals surface area contributed by atoms with Crippen LogP contribution in [0.2, 0.25) is 5.02 Å². The molecule has 0 nitrogen and oxygen atoms in total. The van der Waals surface area contributed by atoms with Gasteiger partial charge in [-0.15, -0.1) is 0 Å². The second-order valence-corrected chi connectivity index (χ2v) is 3.35. The summed E-state index contributed by atoms with van der Waals surface area (Å²) in [6.45, 7) is 0. The maximum absolute atomic E-state index is 12.0. The van der Waals surface area contributed by atoms with Crippen LogP contribution in [0, 0.1) is 6.07 Å². The van der Waals surface area contributed by atoms with E-state index in [-0.39, 0.29) is 9.50 Å². The molecule has 1 rings (SSSR count). The van der Waals surface area contributed by atoms with E-state index in [1.165, 1.54) is 6.07 Å². The summed E-state index contributed by atoms with van der Waals surface area (Å²) in [6.07, 6.45) is -4.40. The highest BCUT2D eigenvalue weighted by molar-refractivity contribution is 9.10. The van der Waals surface area contributed by atoms with Crippen molar-refractivity contribution in [1.82, 2.24) is 0 Å². The highest BCUT2D eigenvalue weighted by Crippen LogP contribution is 2.32. The van der Waals surface area contributed by atoms with Gasteiger partial charge in [-0.25, -0.2) is 0 Å². The first kappa shape index (κ1) is 9.86. The summed E-state index contributed by atoms with van der Waals surface area (Å²) in [6, 6.07) is 4.27. The van der Waals surface area contributed by atoms with Crippen molar-refractivity contribution in [3.63, 3.8) is 0 Å². The molecule has 65 valence electrons. The van der Waals surface area contributed by atoms with E-state index in [0.29, 0.717) is 0 Å². The van der Waals surface area contributed by atoms with Crippen LogP contribution in [0.1, 0.15) is 5.56 Å². The van der Waals surface area contributed by atoms with Gasteiger partial charge in [0, 0.05) is 15.6 Å². The summed E-state index contributed by atoms with van der Waals surface area (Å²) >= 11 is 8.27. The lowest BCUT2D eigenvalue weighted by Gasteiger charge is -2.06. The lowest BCUT2D eigenvalue weighted by molar-refractivity contribution is -0.137. The molecule has 0 heterocycles. The zero-order valence-corrected chi connectivity index (χ0v) is 7.89. The summed E-state index contributed by atoms with van der Waals surface area (Å²) in [5, 5.41) is 0.0351. The molecule has 0 spiro atoms. The highest BCUT2D eigenvalue weighted by atomic mass is 79.9. The second-order valence-electron chi connectivity index (χ2n) is 2.06.